The Kier molecular flexibility index (Phi) is 3.94. The van der Waals surface area contributed by atoms with Crippen LogP contribution >= 0.6 is 0 Å². The van der Waals surface area contributed by atoms with E-state index < -0.39 is 0 Å². The molecule has 0 aliphatic heterocycles. The van der Waals surface area contributed by atoms with Crippen LogP contribution in [0.25, 0.3) is 0 Å². The average Bonchev–Trinajstić information content (AvgIpc) is 2.17. The van der Waals surface area contributed by atoms with Crippen LogP contribution in [0.5, 0.6) is 0 Å². The number of aromatic nitrogens is 1. The zero-order chi connectivity index (χ0) is 9.52. The summed E-state index contributed by atoms with van der Waals surface area (Å²) >= 11 is 0. The minimum Gasteiger partial charge on any atom is -0.293 e. The minimum absolute atomic E-state index is 0.491. The summed E-state index contributed by atoms with van der Waals surface area (Å²) in [7, 11) is 1.95. The number of nitriles is 1. The molecule has 0 radical (unpaired) electrons. The van der Waals surface area contributed by atoms with Crippen molar-refractivity contribution in [3.8, 4) is 6.07 Å². The molecule has 0 saturated carbocycles. The highest BCUT2D eigenvalue weighted by molar-refractivity contribution is 5.09. The average molecular weight is 175 g/mol. The molecule has 1 aromatic rings. The summed E-state index contributed by atoms with van der Waals surface area (Å²) in [5, 5.41) is 8.43. The Bertz CT molecular complexity index is 276. The van der Waals surface area contributed by atoms with E-state index in [0.717, 1.165) is 13.0 Å². The van der Waals surface area contributed by atoms with Crippen molar-refractivity contribution in [3.05, 3.63) is 30.1 Å². The first-order chi connectivity index (χ1) is 6.33. The van der Waals surface area contributed by atoms with E-state index in [1.165, 1.54) is 5.56 Å². The van der Waals surface area contributed by atoms with Gasteiger partial charge in [0.1, 0.15) is 0 Å². The largest absolute Gasteiger partial charge is 0.293 e. The van der Waals surface area contributed by atoms with Crippen LogP contribution in [0, 0.1) is 11.3 Å². The van der Waals surface area contributed by atoms with E-state index in [4.69, 9.17) is 5.26 Å². The molecule has 0 spiro atoms. The maximum absolute atomic E-state index is 8.43. The van der Waals surface area contributed by atoms with Gasteiger partial charge in [0.05, 0.1) is 12.6 Å². The lowest BCUT2D eigenvalue weighted by molar-refractivity contribution is 0.379. The van der Waals surface area contributed by atoms with E-state index in [-0.39, 0.29) is 0 Å². The van der Waals surface area contributed by atoms with Crippen LogP contribution in [0.4, 0.5) is 0 Å². The van der Waals surface area contributed by atoms with Gasteiger partial charge in [-0.15, -0.1) is 0 Å². The molecule has 1 rings (SSSR count). The highest BCUT2D eigenvalue weighted by atomic mass is 15.1. The van der Waals surface area contributed by atoms with Gasteiger partial charge < -0.3 is 0 Å². The highest BCUT2D eigenvalue weighted by Crippen LogP contribution is 1.98. The van der Waals surface area contributed by atoms with Gasteiger partial charge in [-0.1, -0.05) is 0 Å². The molecule has 3 heteroatoms. The van der Waals surface area contributed by atoms with Crippen LogP contribution < -0.4 is 0 Å². The van der Waals surface area contributed by atoms with Gasteiger partial charge in [-0.25, -0.2) is 0 Å². The lowest BCUT2D eigenvalue weighted by atomic mass is 10.2. The second-order valence-electron chi connectivity index (χ2n) is 3.00. The Labute approximate surface area is 78.6 Å². The molecule has 3 nitrogen and oxygen atoms in total. The molecule has 0 saturated heterocycles. The van der Waals surface area contributed by atoms with Crippen molar-refractivity contribution in [3.63, 3.8) is 0 Å². The molecule has 0 bridgehead atoms. The standard InChI is InChI=1S/C10H13N3/c1-13(9-5-11)8-4-10-2-6-12-7-3-10/h2-3,6-7H,4,8-9H2,1H3. The van der Waals surface area contributed by atoms with Gasteiger partial charge in [-0.2, -0.15) is 5.26 Å². The van der Waals surface area contributed by atoms with E-state index in [1.807, 2.05) is 24.1 Å². The molecule has 68 valence electrons. The van der Waals surface area contributed by atoms with Crippen molar-refractivity contribution in [1.29, 1.82) is 5.26 Å². The molecular formula is C10H13N3. The molecule has 0 aliphatic rings. The van der Waals surface area contributed by atoms with Crippen LogP contribution in [0.1, 0.15) is 5.56 Å². The van der Waals surface area contributed by atoms with Gasteiger partial charge in [0.2, 0.25) is 0 Å². The Morgan fingerprint density at radius 3 is 2.77 bits per heavy atom. The first-order valence-electron chi connectivity index (χ1n) is 4.27. The van der Waals surface area contributed by atoms with Crippen LogP contribution in [-0.4, -0.2) is 30.0 Å². The summed E-state index contributed by atoms with van der Waals surface area (Å²) in [5.41, 5.74) is 1.26. The number of pyridine rings is 1. The summed E-state index contributed by atoms with van der Waals surface area (Å²) in [6.07, 6.45) is 4.56. The predicted octanol–water partition coefficient (Wildman–Crippen LogP) is 1.08. The molecule has 0 aromatic carbocycles. The first kappa shape index (κ1) is 9.69. The molecular weight excluding hydrogens is 162 g/mol. The summed E-state index contributed by atoms with van der Waals surface area (Å²) in [6.45, 7) is 1.41. The number of hydrogen-bond donors (Lipinski definition) is 0. The second kappa shape index (κ2) is 5.28. The third kappa shape index (κ3) is 3.68. The lowest BCUT2D eigenvalue weighted by Crippen LogP contribution is -2.21. The van der Waals surface area contributed by atoms with Gasteiger partial charge in [0.15, 0.2) is 0 Å². The summed E-state index contributed by atoms with van der Waals surface area (Å²) < 4.78 is 0. The Morgan fingerprint density at radius 1 is 1.46 bits per heavy atom. The molecule has 1 heterocycles. The van der Waals surface area contributed by atoms with E-state index in [0.29, 0.717) is 6.54 Å². The monoisotopic (exact) mass is 175 g/mol. The Hall–Kier alpha value is -1.40. The summed E-state index contributed by atoms with van der Waals surface area (Å²) in [6, 6.07) is 6.12. The van der Waals surface area contributed by atoms with Crippen LogP contribution in [0.15, 0.2) is 24.5 Å². The lowest BCUT2D eigenvalue weighted by Gasteiger charge is -2.11. The minimum atomic E-state index is 0.491. The maximum atomic E-state index is 8.43. The third-order valence-electron chi connectivity index (χ3n) is 1.87. The first-order valence-corrected chi connectivity index (χ1v) is 4.27. The fourth-order valence-electron chi connectivity index (χ4n) is 1.07. The molecule has 0 N–H and O–H groups in total. The van der Waals surface area contributed by atoms with Crippen molar-refractivity contribution >= 4 is 0 Å². The van der Waals surface area contributed by atoms with Gasteiger partial charge in [-0.05, 0) is 31.2 Å². The molecule has 0 amide bonds. The van der Waals surface area contributed by atoms with Crippen LogP contribution in [0.2, 0.25) is 0 Å². The zero-order valence-corrected chi connectivity index (χ0v) is 7.77. The van der Waals surface area contributed by atoms with Gasteiger partial charge in [-0.3, -0.25) is 9.88 Å². The van der Waals surface area contributed by atoms with Gasteiger partial charge in [0, 0.05) is 18.9 Å². The predicted molar refractivity (Wildman–Crippen MR) is 51.1 cm³/mol. The normalized spacial score (nSPS) is 9.92. The quantitative estimate of drug-likeness (QED) is 0.643. The van der Waals surface area contributed by atoms with E-state index in [9.17, 15) is 0 Å². The molecule has 13 heavy (non-hydrogen) atoms. The van der Waals surface area contributed by atoms with Crippen molar-refractivity contribution in [2.45, 2.75) is 6.42 Å². The molecule has 0 aliphatic carbocycles. The fraction of sp³-hybridized carbons (Fsp3) is 0.400. The van der Waals surface area contributed by atoms with Crippen molar-refractivity contribution in [2.24, 2.45) is 0 Å². The number of nitrogens with zero attached hydrogens (tertiary/aromatic N) is 3. The number of hydrogen-bond acceptors (Lipinski definition) is 3. The van der Waals surface area contributed by atoms with Crippen LogP contribution in [0.3, 0.4) is 0 Å². The Balaban J connectivity index is 2.32. The highest BCUT2D eigenvalue weighted by Gasteiger charge is 1.97. The number of rotatable bonds is 4. The van der Waals surface area contributed by atoms with E-state index in [1.54, 1.807) is 12.4 Å². The van der Waals surface area contributed by atoms with Gasteiger partial charge >= 0.3 is 0 Å². The van der Waals surface area contributed by atoms with Crippen molar-refractivity contribution in [2.75, 3.05) is 20.1 Å². The number of likely N-dealkylation sites (N-methyl/N-ethyl adjacent to an activating group) is 1. The molecule has 1 aromatic heterocycles. The van der Waals surface area contributed by atoms with E-state index in [2.05, 4.69) is 11.1 Å². The third-order valence-corrected chi connectivity index (χ3v) is 1.87. The van der Waals surface area contributed by atoms with Gasteiger partial charge in [0.25, 0.3) is 0 Å². The van der Waals surface area contributed by atoms with E-state index >= 15 is 0 Å². The zero-order valence-electron chi connectivity index (χ0n) is 7.77. The maximum Gasteiger partial charge on any atom is 0.0863 e. The molecule has 0 fully saturated rings. The fourth-order valence-corrected chi connectivity index (χ4v) is 1.07. The SMILES string of the molecule is CN(CC#N)CCc1ccncc1. The summed E-state index contributed by atoms with van der Waals surface area (Å²) in [4.78, 5) is 5.94. The smallest absolute Gasteiger partial charge is 0.0863 e. The van der Waals surface area contributed by atoms with Crippen LogP contribution in [-0.2, 0) is 6.42 Å². The van der Waals surface area contributed by atoms with Crippen molar-refractivity contribution in [1.82, 2.24) is 9.88 Å². The topological polar surface area (TPSA) is 39.9 Å². The molecule has 0 atom stereocenters. The Morgan fingerprint density at radius 2 is 2.15 bits per heavy atom. The van der Waals surface area contributed by atoms with Crippen molar-refractivity contribution < 1.29 is 0 Å². The second-order valence-corrected chi connectivity index (χ2v) is 3.00. The summed E-state index contributed by atoms with van der Waals surface area (Å²) in [5.74, 6) is 0. The molecule has 0 unspecified atom stereocenters.